The van der Waals surface area contributed by atoms with Crippen LogP contribution in [0.2, 0.25) is 0 Å². The Morgan fingerprint density at radius 3 is 2.58 bits per heavy atom. The van der Waals surface area contributed by atoms with Gasteiger partial charge in [-0.05, 0) is 14.0 Å². The molecule has 3 heteroatoms. The van der Waals surface area contributed by atoms with Crippen LogP contribution in [0.25, 0.3) is 0 Å². The van der Waals surface area contributed by atoms with Crippen molar-refractivity contribution in [1.29, 1.82) is 0 Å². The fraction of sp³-hybridized carbons (Fsp3) is 0.556. The van der Waals surface area contributed by atoms with Crippen molar-refractivity contribution in [1.82, 2.24) is 15.3 Å². The molecule has 1 aromatic heterocycles. The lowest BCUT2D eigenvalue weighted by molar-refractivity contribution is 0.513. The van der Waals surface area contributed by atoms with Crippen molar-refractivity contribution in [3.8, 4) is 0 Å². The Morgan fingerprint density at radius 1 is 1.33 bits per heavy atom. The molecule has 12 heavy (non-hydrogen) atoms. The summed E-state index contributed by atoms with van der Waals surface area (Å²) in [4.78, 5) is 8.28. The molecule has 0 spiro atoms. The van der Waals surface area contributed by atoms with Gasteiger partial charge in [-0.1, -0.05) is 6.92 Å². The molecule has 1 rings (SSSR count). The van der Waals surface area contributed by atoms with E-state index in [0.29, 0.717) is 12.0 Å². The highest BCUT2D eigenvalue weighted by molar-refractivity contribution is 5.04. The highest BCUT2D eigenvalue weighted by Crippen LogP contribution is 2.14. The van der Waals surface area contributed by atoms with Crippen LogP contribution >= 0.6 is 0 Å². The highest BCUT2D eigenvalue weighted by Gasteiger charge is 2.12. The summed E-state index contributed by atoms with van der Waals surface area (Å²) in [6.45, 7) is 4.28. The summed E-state index contributed by atoms with van der Waals surface area (Å²) in [7, 11) is 1.96. The van der Waals surface area contributed by atoms with E-state index in [0.717, 1.165) is 5.69 Å². The minimum atomic E-state index is 0.406. The van der Waals surface area contributed by atoms with Crippen molar-refractivity contribution in [2.75, 3.05) is 7.05 Å². The summed E-state index contributed by atoms with van der Waals surface area (Å²) in [5.74, 6) is 0.406. The van der Waals surface area contributed by atoms with E-state index in [9.17, 15) is 0 Å². The van der Waals surface area contributed by atoms with E-state index in [1.165, 1.54) is 0 Å². The van der Waals surface area contributed by atoms with E-state index in [4.69, 9.17) is 0 Å². The van der Waals surface area contributed by atoms with Crippen LogP contribution in [-0.4, -0.2) is 23.1 Å². The lowest BCUT2D eigenvalue weighted by Crippen LogP contribution is -2.27. The summed E-state index contributed by atoms with van der Waals surface area (Å²) in [6, 6.07) is 0.432. The molecule has 0 bridgehead atoms. The van der Waals surface area contributed by atoms with E-state index < -0.39 is 0 Å². The van der Waals surface area contributed by atoms with Gasteiger partial charge in [0, 0.05) is 30.6 Å². The second kappa shape index (κ2) is 4.16. The number of hydrogen-bond donors (Lipinski definition) is 1. The van der Waals surface area contributed by atoms with Crippen LogP contribution in [0.1, 0.15) is 25.5 Å². The van der Waals surface area contributed by atoms with Gasteiger partial charge in [-0.15, -0.1) is 0 Å². The SMILES string of the molecule is CNC(C)C(C)c1cnccn1. The normalized spacial score (nSPS) is 15.6. The summed E-state index contributed by atoms with van der Waals surface area (Å²) in [6.07, 6.45) is 5.24. The monoisotopic (exact) mass is 165 g/mol. The van der Waals surface area contributed by atoms with Gasteiger partial charge < -0.3 is 5.32 Å². The molecular weight excluding hydrogens is 150 g/mol. The highest BCUT2D eigenvalue weighted by atomic mass is 14.9. The quantitative estimate of drug-likeness (QED) is 0.731. The van der Waals surface area contributed by atoms with E-state index in [1.54, 1.807) is 12.4 Å². The molecule has 2 atom stereocenters. The van der Waals surface area contributed by atoms with Gasteiger partial charge >= 0.3 is 0 Å². The molecule has 0 aliphatic heterocycles. The van der Waals surface area contributed by atoms with E-state index >= 15 is 0 Å². The maximum absolute atomic E-state index is 4.25. The summed E-state index contributed by atoms with van der Waals surface area (Å²) in [5, 5.41) is 3.20. The standard InChI is InChI=1S/C9H15N3/c1-7(8(2)10-3)9-6-11-4-5-12-9/h4-8,10H,1-3H3. The zero-order valence-corrected chi connectivity index (χ0v) is 7.78. The third kappa shape index (κ3) is 2.01. The lowest BCUT2D eigenvalue weighted by atomic mass is 10.0. The van der Waals surface area contributed by atoms with Gasteiger partial charge in [-0.2, -0.15) is 0 Å². The predicted octanol–water partition coefficient (Wildman–Crippen LogP) is 1.19. The fourth-order valence-corrected chi connectivity index (χ4v) is 1.05. The van der Waals surface area contributed by atoms with E-state index in [2.05, 4.69) is 29.1 Å². The minimum Gasteiger partial charge on any atom is -0.317 e. The number of nitrogens with one attached hydrogen (secondary N) is 1. The van der Waals surface area contributed by atoms with Gasteiger partial charge in [0.05, 0.1) is 5.69 Å². The van der Waals surface area contributed by atoms with Crippen LogP contribution < -0.4 is 5.32 Å². The number of aromatic nitrogens is 2. The third-order valence-corrected chi connectivity index (χ3v) is 2.26. The second-order valence-corrected chi connectivity index (χ2v) is 3.00. The van der Waals surface area contributed by atoms with Gasteiger partial charge in [0.2, 0.25) is 0 Å². The molecule has 0 fully saturated rings. The van der Waals surface area contributed by atoms with Crippen LogP contribution in [0.15, 0.2) is 18.6 Å². The predicted molar refractivity (Wildman–Crippen MR) is 49.0 cm³/mol. The molecule has 1 heterocycles. The summed E-state index contributed by atoms with van der Waals surface area (Å²) < 4.78 is 0. The maximum atomic E-state index is 4.25. The molecule has 1 aromatic rings. The van der Waals surface area contributed by atoms with Crippen LogP contribution in [0.5, 0.6) is 0 Å². The first-order valence-corrected chi connectivity index (χ1v) is 4.19. The fourth-order valence-electron chi connectivity index (χ4n) is 1.05. The molecular formula is C9H15N3. The summed E-state index contributed by atoms with van der Waals surface area (Å²) >= 11 is 0. The molecule has 0 saturated heterocycles. The van der Waals surface area contributed by atoms with Crippen molar-refractivity contribution in [3.63, 3.8) is 0 Å². The van der Waals surface area contributed by atoms with E-state index in [1.807, 2.05) is 13.2 Å². The number of nitrogens with zero attached hydrogens (tertiary/aromatic N) is 2. The zero-order chi connectivity index (χ0) is 8.97. The smallest absolute Gasteiger partial charge is 0.0630 e. The molecule has 0 aliphatic carbocycles. The van der Waals surface area contributed by atoms with Crippen molar-refractivity contribution in [3.05, 3.63) is 24.3 Å². The molecule has 0 aliphatic rings. The molecule has 0 saturated carbocycles. The first-order valence-electron chi connectivity index (χ1n) is 4.19. The first-order chi connectivity index (χ1) is 5.75. The van der Waals surface area contributed by atoms with Crippen molar-refractivity contribution in [2.24, 2.45) is 0 Å². The Bertz CT molecular complexity index is 222. The first kappa shape index (κ1) is 9.13. The van der Waals surface area contributed by atoms with Crippen molar-refractivity contribution >= 4 is 0 Å². The Kier molecular flexibility index (Phi) is 3.17. The molecule has 0 aromatic carbocycles. The Hall–Kier alpha value is -0.960. The van der Waals surface area contributed by atoms with Crippen LogP contribution in [0, 0.1) is 0 Å². The zero-order valence-electron chi connectivity index (χ0n) is 7.78. The molecule has 1 N–H and O–H groups in total. The average molecular weight is 165 g/mol. The van der Waals surface area contributed by atoms with Crippen molar-refractivity contribution < 1.29 is 0 Å². The maximum Gasteiger partial charge on any atom is 0.0630 e. The van der Waals surface area contributed by atoms with E-state index in [-0.39, 0.29) is 0 Å². The topological polar surface area (TPSA) is 37.8 Å². The number of likely N-dealkylation sites (N-methyl/N-ethyl adjacent to an activating group) is 1. The van der Waals surface area contributed by atoms with Crippen LogP contribution in [0.3, 0.4) is 0 Å². The van der Waals surface area contributed by atoms with Crippen LogP contribution in [0.4, 0.5) is 0 Å². The summed E-state index contributed by atoms with van der Waals surface area (Å²) in [5.41, 5.74) is 1.04. The van der Waals surface area contributed by atoms with Crippen LogP contribution in [-0.2, 0) is 0 Å². The minimum absolute atomic E-state index is 0.406. The Morgan fingerprint density at radius 2 is 2.08 bits per heavy atom. The number of rotatable bonds is 3. The van der Waals surface area contributed by atoms with Gasteiger partial charge in [0.15, 0.2) is 0 Å². The average Bonchev–Trinajstić information content (AvgIpc) is 2.17. The second-order valence-electron chi connectivity index (χ2n) is 3.00. The third-order valence-electron chi connectivity index (χ3n) is 2.26. The van der Waals surface area contributed by atoms with Gasteiger partial charge in [0.1, 0.15) is 0 Å². The lowest BCUT2D eigenvalue weighted by Gasteiger charge is -2.17. The largest absolute Gasteiger partial charge is 0.317 e. The Balaban J connectivity index is 2.71. The molecule has 0 amide bonds. The van der Waals surface area contributed by atoms with Crippen molar-refractivity contribution in [2.45, 2.75) is 25.8 Å². The molecule has 2 unspecified atom stereocenters. The molecule has 0 radical (unpaired) electrons. The molecule has 3 nitrogen and oxygen atoms in total. The van der Waals surface area contributed by atoms with Gasteiger partial charge in [0.25, 0.3) is 0 Å². The van der Waals surface area contributed by atoms with Gasteiger partial charge in [-0.25, -0.2) is 0 Å². The Labute approximate surface area is 73.2 Å². The number of hydrogen-bond acceptors (Lipinski definition) is 3. The molecule has 66 valence electrons. The van der Waals surface area contributed by atoms with Gasteiger partial charge in [-0.3, -0.25) is 9.97 Å².